The number of nitrogens with one attached hydrogen (secondary N) is 2. The maximum atomic E-state index is 13.4. The van der Waals surface area contributed by atoms with E-state index in [1.54, 1.807) is 17.7 Å². The number of nitrogens with zero attached hydrogens (tertiary/aromatic N) is 4. The van der Waals surface area contributed by atoms with Gasteiger partial charge in [0.1, 0.15) is 0 Å². The zero-order valence-corrected chi connectivity index (χ0v) is 21.8. The number of ether oxygens (including phenoxy) is 2. The van der Waals surface area contributed by atoms with Crippen LogP contribution in [0.2, 0.25) is 0 Å². The number of imidazole rings is 1. The molecule has 3 aromatic heterocycles. The van der Waals surface area contributed by atoms with Gasteiger partial charge in [-0.25, -0.2) is 15.0 Å². The number of amides is 1. The summed E-state index contributed by atoms with van der Waals surface area (Å²) >= 11 is 0.895. The van der Waals surface area contributed by atoms with Crippen molar-refractivity contribution in [3.63, 3.8) is 0 Å². The number of esters is 2. The van der Waals surface area contributed by atoms with E-state index in [0.717, 1.165) is 11.3 Å². The standard InChI is InChI=1S/C24H25FN8O5S/c1-28-21-17-22(32-14(31-21)6-4-11-3-5-13(25)39-11)33(10-30-17)18-12-7-24(12,23(36)29-2)20(38-16(35)9-27)19(18)37-15(34)8-26/h3,5,10,12,18-20H,7-9,26-27H2,1-2H3,(H,29,36)(H,28,31,32)/t12?,18?,19-,20-,24-/m0/s1. The lowest BCUT2D eigenvalue weighted by molar-refractivity contribution is -0.172. The van der Waals surface area contributed by atoms with Crippen LogP contribution in [0.25, 0.3) is 11.2 Å². The van der Waals surface area contributed by atoms with E-state index in [4.69, 9.17) is 20.9 Å². The molecule has 2 fully saturated rings. The predicted molar refractivity (Wildman–Crippen MR) is 137 cm³/mol. The molecule has 5 rings (SSSR count). The lowest BCUT2D eigenvalue weighted by atomic mass is 9.97. The molecule has 3 aromatic rings. The Balaban J connectivity index is 1.63. The summed E-state index contributed by atoms with van der Waals surface area (Å²) in [5.74, 6) is 3.96. The Kier molecular flexibility index (Phi) is 6.93. The SMILES string of the molecule is CNC(=O)[C@@]12CC1C(n1cnc3c(NC)nc(C#Cc4ccc(F)s4)nc31)[C@H](OC(=O)CN)[C@@H]2OC(=O)CN. The Hall–Kier alpha value is -4.13. The van der Waals surface area contributed by atoms with Crippen molar-refractivity contribution in [2.24, 2.45) is 22.8 Å². The van der Waals surface area contributed by atoms with E-state index >= 15 is 0 Å². The van der Waals surface area contributed by atoms with Crippen LogP contribution in [0.15, 0.2) is 18.5 Å². The van der Waals surface area contributed by atoms with Crippen molar-refractivity contribution < 1.29 is 28.2 Å². The first kappa shape index (κ1) is 26.5. The van der Waals surface area contributed by atoms with Crippen molar-refractivity contribution in [2.45, 2.75) is 24.7 Å². The highest BCUT2D eigenvalue weighted by molar-refractivity contribution is 7.10. The van der Waals surface area contributed by atoms with Crippen LogP contribution in [0.4, 0.5) is 10.2 Å². The molecule has 5 atom stereocenters. The number of nitrogens with two attached hydrogens (primary N) is 2. The number of hydrogen-bond acceptors (Lipinski definition) is 12. The highest BCUT2D eigenvalue weighted by Gasteiger charge is 2.78. The molecule has 6 N–H and O–H groups in total. The summed E-state index contributed by atoms with van der Waals surface area (Å²) in [6, 6.07) is 2.18. The molecular weight excluding hydrogens is 531 g/mol. The van der Waals surface area contributed by atoms with Crippen molar-refractivity contribution >= 4 is 46.2 Å². The third kappa shape index (κ3) is 4.46. The van der Waals surface area contributed by atoms with Gasteiger partial charge in [0.2, 0.25) is 11.7 Å². The van der Waals surface area contributed by atoms with Gasteiger partial charge in [0.15, 0.2) is 34.3 Å². The minimum absolute atomic E-state index is 0.135. The van der Waals surface area contributed by atoms with Gasteiger partial charge in [-0.05, 0) is 30.4 Å². The Morgan fingerprint density at radius 2 is 1.92 bits per heavy atom. The van der Waals surface area contributed by atoms with Gasteiger partial charge in [0.25, 0.3) is 0 Å². The third-order valence-electron chi connectivity index (χ3n) is 6.97. The number of rotatable bonds is 7. The van der Waals surface area contributed by atoms with Gasteiger partial charge < -0.3 is 36.1 Å². The molecular formula is C24H25FN8O5S. The molecule has 13 nitrogen and oxygen atoms in total. The number of aromatic nitrogens is 4. The number of fused-ring (bicyclic) bond motifs is 2. The van der Waals surface area contributed by atoms with Crippen LogP contribution >= 0.6 is 11.3 Å². The predicted octanol–water partition coefficient (Wildman–Crippen LogP) is -0.484. The summed E-state index contributed by atoms with van der Waals surface area (Å²) < 4.78 is 26.4. The van der Waals surface area contributed by atoms with Gasteiger partial charge >= 0.3 is 11.9 Å². The second-order valence-corrected chi connectivity index (χ2v) is 10.1. The molecule has 0 spiro atoms. The second-order valence-electron chi connectivity index (χ2n) is 9.02. The highest BCUT2D eigenvalue weighted by Crippen LogP contribution is 2.69. The van der Waals surface area contributed by atoms with Crippen LogP contribution in [0.3, 0.4) is 0 Å². The van der Waals surface area contributed by atoms with Gasteiger partial charge in [-0.1, -0.05) is 11.3 Å². The normalized spacial score (nSPS) is 24.8. The molecule has 15 heteroatoms. The highest BCUT2D eigenvalue weighted by atomic mass is 32.1. The van der Waals surface area contributed by atoms with E-state index in [-0.39, 0.29) is 16.9 Å². The summed E-state index contributed by atoms with van der Waals surface area (Å²) in [6.45, 7) is -0.839. The lowest BCUT2D eigenvalue weighted by Crippen LogP contribution is -2.47. The van der Waals surface area contributed by atoms with Crippen molar-refractivity contribution in [3.05, 3.63) is 34.3 Å². The second kappa shape index (κ2) is 10.2. The summed E-state index contributed by atoms with van der Waals surface area (Å²) in [4.78, 5) is 51.7. The fraction of sp³-hybridized carbons (Fsp3) is 0.417. The van der Waals surface area contributed by atoms with Crippen LogP contribution in [0.5, 0.6) is 0 Å². The molecule has 0 aliphatic heterocycles. The van der Waals surface area contributed by atoms with E-state index in [9.17, 15) is 18.8 Å². The molecule has 0 aromatic carbocycles. The van der Waals surface area contributed by atoms with E-state index in [1.165, 1.54) is 19.4 Å². The smallest absolute Gasteiger partial charge is 0.320 e. The molecule has 1 amide bonds. The molecule has 2 saturated carbocycles. The van der Waals surface area contributed by atoms with Gasteiger partial charge in [0.05, 0.1) is 35.8 Å². The molecule has 2 unspecified atom stereocenters. The number of carbonyl (C=O) groups is 3. The molecule has 0 bridgehead atoms. The summed E-state index contributed by atoms with van der Waals surface area (Å²) in [7, 11) is 3.14. The van der Waals surface area contributed by atoms with E-state index in [0.29, 0.717) is 28.3 Å². The minimum atomic E-state index is -1.15. The summed E-state index contributed by atoms with van der Waals surface area (Å²) in [5.41, 5.74) is 10.6. The Bertz CT molecular complexity index is 1530. The van der Waals surface area contributed by atoms with Crippen LogP contribution < -0.4 is 22.1 Å². The van der Waals surface area contributed by atoms with E-state index in [2.05, 4.69) is 37.4 Å². The zero-order valence-electron chi connectivity index (χ0n) is 20.9. The molecule has 2 aliphatic carbocycles. The number of thiophene rings is 1. The van der Waals surface area contributed by atoms with E-state index in [1.807, 2.05) is 0 Å². The largest absolute Gasteiger partial charge is 0.456 e. The van der Waals surface area contributed by atoms with Crippen LogP contribution in [-0.2, 0) is 23.9 Å². The molecule has 39 heavy (non-hydrogen) atoms. The fourth-order valence-electron chi connectivity index (χ4n) is 5.29. The molecule has 0 radical (unpaired) electrons. The summed E-state index contributed by atoms with van der Waals surface area (Å²) in [5, 5.41) is 5.24. The van der Waals surface area contributed by atoms with Gasteiger partial charge in [-0.2, -0.15) is 4.39 Å². The Morgan fingerprint density at radius 1 is 1.18 bits per heavy atom. The molecule has 2 aliphatic rings. The zero-order chi connectivity index (χ0) is 27.9. The van der Waals surface area contributed by atoms with Crippen molar-refractivity contribution in [2.75, 3.05) is 32.5 Å². The Morgan fingerprint density at radius 3 is 2.56 bits per heavy atom. The van der Waals surface area contributed by atoms with Gasteiger partial charge in [0, 0.05) is 20.0 Å². The van der Waals surface area contributed by atoms with Crippen LogP contribution in [0.1, 0.15) is 23.2 Å². The van der Waals surface area contributed by atoms with Crippen molar-refractivity contribution in [1.29, 1.82) is 0 Å². The van der Waals surface area contributed by atoms with Gasteiger partial charge in [-0.15, -0.1) is 0 Å². The number of carbonyl (C=O) groups excluding carboxylic acids is 3. The maximum Gasteiger partial charge on any atom is 0.320 e. The molecule has 204 valence electrons. The average Bonchev–Trinajstić information content (AvgIpc) is 3.17. The topological polar surface area (TPSA) is 189 Å². The lowest BCUT2D eigenvalue weighted by Gasteiger charge is -2.30. The van der Waals surface area contributed by atoms with Crippen LogP contribution in [0, 0.1) is 28.3 Å². The van der Waals surface area contributed by atoms with E-state index < -0.39 is 54.6 Å². The first-order valence-electron chi connectivity index (χ1n) is 12.0. The minimum Gasteiger partial charge on any atom is -0.456 e. The summed E-state index contributed by atoms with van der Waals surface area (Å²) in [6.07, 6.45) is -0.340. The van der Waals surface area contributed by atoms with Gasteiger partial charge in [-0.3, -0.25) is 14.4 Å². The van der Waals surface area contributed by atoms with Crippen molar-refractivity contribution in [3.8, 4) is 11.8 Å². The monoisotopic (exact) mass is 556 g/mol. The first-order chi connectivity index (χ1) is 18.8. The quantitative estimate of drug-likeness (QED) is 0.217. The molecule has 0 saturated heterocycles. The first-order valence-corrected chi connectivity index (χ1v) is 12.8. The number of anilines is 1. The number of hydrogen-bond donors (Lipinski definition) is 4. The molecule has 3 heterocycles. The Labute approximate surface area is 225 Å². The maximum absolute atomic E-state index is 13.4. The van der Waals surface area contributed by atoms with Crippen molar-refractivity contribution in [1.82, 2.24) is 24.8 Å². The number of halogens is 1. The third-order valence-corrected chi connectivity index (χ3v) is 7.76. The average molecular weight is 557 g/mol. The fourth-order valence-corrected chi connectivity index (χ4v) is 5.88. The van der Waals surface area contributed by atoms with Crippen LogP contribution in [-0.4, -0.2) is 76.8 Å².